The fourth-order valence-electron chi connectivity index (χ4n) is 5.26. The second-order valence-electron chi connectivity index (χ2n) is 10.3. The van der Waals surface area contributed by atoms with Crippen LogP contribution in [0.15, 0.2) is 35.2 Å². The number of sulfone groups is 1. The van der Waals surface area contributed by atoms with Gasteiger partial charge in [-0.2, -0.15) is 13.2 Å². The van der Waals surface area contributed by atoms with Crippen LogP contribution >= 0.6 is 0 Å². The van der Waals surface area contributed by atoms with Crippen LogP contribution < -0.4 is 5.32 Å². The first kappa shape index (κ1) is 29.9. The van der Waals surface area contributed by atoms with Crippen molar-refractivity contribution < 1.29 is 45.1 Å². The Morgan fingerprint density at radius 2 is 1.75 bits per heavy atom. The number of likely N-dealkylation sites (tertiary alicyclic amines) is 1. The minimum atomic E-state index is -5.09. The summed E-state index contributed by atoms with van der Waals surface area (Å²) >= 11 is 0. The summed E-state index contributed by atoms with van der Waals surface area (Å²) in [6, 6.07) is 1.70. The molecule has 2 amide bonds. The number of aliphatic hydroxyl groups excluding tert-OH is 1. The van der Waals surface area contributed by atoms with Gasteiger partial charge in [0.2, 0.25) is 5.91 Å². The highest BCUT2D eigenvalue weighted by molar-refractivity contribution is 7.90. The van der Waals surface area contributed by atoms with Gasteiger partial charge in [0.1, 0.15) is 17.7 Å². The molecule has 1 aliphatic heterocycles. The predicted molar refractivity (Wildman–Crippen MR) is 134 cm³/mol. The zero-order chi connectivity index (χ0) is 29.6. The summed E-state index contributed by atoms with van der Waals surface area (Å²) in [5, 5.41) is 12.4. The first-order chi connectivity index (χ1) is 18.7. The molecular weight excluding hydrogens is 559 g/mol. The maximum atomic E-state index is 14.8. The Hall–Kier alpha value is -3.06. The van der Waals surface area contributed by atoms with E-state index >= 15 is 0 Å². The highest BCUT2D eigenvalue weighted by Gasteiger charge is 2.44. The van der Waals surface area contributed by atoms with Gasteiger partial charge in [-0.15, -0.1) is 0 Å². The normalized spacial score (nSPS) is 20.4. The number of carbonyl (C=O) groups is 2. The van der Waals surface area contributed by atoms with E-state index in [0.717, 1.165) is 12.3 Å². The number of rotatable bonds is 8. The number of amides is 2. The quantitative estimate of drug-likeness (QED) is 0.441. The molecule has 3 atom stereocenters. The molecule has 0 bridgehead atoms. The molecule has 218 valence electrons. The summed E-state index contributed by atoms with van der Waals surface area (Å²) in [5.74, 6) is -4.65. The van der Waals surface area contributed by atoms with Crippen LogP contribution in [0.3, 0.4) is 0 Å². The fraction of sp³-hybridized carbons (Fsp3) is 0.481. The lowest BCUT2D eigenvalue weighted by atomic mass is 9.98. The largest absolute Gasteiger partial charge is 0.419 e. The summed E-state index contributed by atoms with van der Waals surface area (Å²) in [7, 11) is -3.69. The van der Waals surface area contributed by atoms with Gasteiger partial charge in [-0.05, 0) is 67.9 Å². The van der Waals surface area contributed by atoms with Gasteiger partial charge < -0.3 is 15.3 Å². The SMILES string of the molecule is CC[C@@H]1CC[C@H](C(=O)NC(c2cc(F)c(C(F)(F)F)cc2F)C2CC2)N1C(=O)c1cc(S(C)(=O)=O)ccc1CO. The molecule has 0 radical (unpaired) electrons. The van der Waals surface area contributed by atoms with Crippen molar-refractivity contribution in [2.45, 2.75) is 74.8 Å². The van der Waals surface area contributed by atoms with Crippen LogP contribution in [0.2, 0.25) is 0 Å². The molecule has 40 heavy (non-hydrogen) atoms. The van der Waals surface area contributed by atoms with Crippen LogP contribution in [-0.2, 0) is 27.4 Å². The molecule has 1 saturated carbocycles. The zero-order valence-corrected chi connectivity index (χ0v) is 22.6. The van der Waals surface area contributed by atoms with Crippen molar-refractivity contribution in [3.63, 3.8) is 0 Å². The number of hydrogen-bond donors (Lipinski definition) is 2. The van der Waals surface area contributed by atoms with E-state index in [1.54, 1.807) is 6.92 Å². The van der Waals surface area contributed by atoms with Crippen molar-refractivity contribution in [2.24, 2.45) is 5.92 Å². The highest BCUT2D eigenvalue weighted by atomic mass is 32.2. The van der Waals surface area contributed by atoms with E-state index in [4.69, 9.17) is 0 Å². The average Bonchev–Trinajstić information content (AvgIpc) is 3.63. The van der Waals surface area contributed by atoms with Crippen molar-refractivity contribution in [1.82, 2.24) is 10.2 Å². The third-order valence-corrected chi connectivity index (χ3v) is 8.65. The number of aliphatic hydroxyl groups is 1. The summed E-state index contributed by atoms with van der Waals surface area (Å²) in [5.41, 5.74) is -2.08. The molecule has 2 aromatic carbocycles. The highest BCUT2D eigenvalue weighted by Crippen LogP contribution is 2.44. The molecule has 0 spiro atoms. The van der Waals surface area contributed by atoms with E-state index in [2.05, 4.69) is 5.32 Å². The lowest BCUT2D eigenvalue weighted by molar-refractivity contribution is -0.140. The van der Waals surface area contributed by atoms with Gasteiger partial charge in [0.25, 0.3) is 5.91 Å². The predicted octanol–water partition coefficient (Wildman–Crippen LogP) is 4.53. The fourth-order valence-corrected chi connectivity index (χ4v) is 5.90. The van der Waals surface area contributed by atoms with Crippen LogP contribution in [0.5, 0.6) is 0 Å². The van der Waals surface area contributed by atoms with Crippen LogP contribution in [0.4, 0.5) is 22.0 Å². The lowest BCUT2D eigenvalue weighted by Crippen LogP contribution is -2.50. The third-order valence-electron chi connectivity index (χ3n) is 7.54. The summed E-state index contributed by atoms with van der Waals surface area (Å²) < 4.78 is 92.5. The summed E-state index contributed by atoms with van der Waals surface area (Å²) in [4.78, 5) is 28.4. The second-order valence-corrected chi connectivity index (χ2v) is 12.3. The van der Waals surface area contributed by atoms with E-state index in [9.17, 15) is 45.1 Å². The smallest absolute Gasteiger partial charge is 0.392 e. The first-order valence-electron chi connectivity index (χ1n) is 12.8. The monoisotopic (exact) mass is 588 g/mol. The third kappa shape index (κ3) is 5.99. The number of nitrogens with zero attached hydrogens (tertiary/aromatic N) is 1. The minimum absolute atomic E-state index is 0.0793. The lowest BCUT2D eigenvalue weighted by Gasteiger charge is -2.31. The molecule has 1 heterocycles. The molecule has 1 unspecified atom stereocenters. The van der Waals surface area contributed by atoms with Crippen LogP contribution in [0.25, 0.3) is 0 Å². The standard InChI is InChI=1S/C27H29F5N2O5S/c1-3-16-7-9-23(34(16)26(37)18-10-17(40(2,38)39)8-6-15(18)13-35)25(36)33-24(14-4-5-14)19-11-22(29)20(12-21(19)28)27(30,31)32/h6,8,10-12,14,16,23-24,35H,3-5,7,9,13H2,1-2H3,(H,33,36)/t16-,23-,24?/m1/s1. The van der Waals surface area contributed by atoms with Crippen molar-refractivity contribution in [3.8, 4) is 0 Å². The Morgan fingerprint density at radius 3 is 2.30 bits per heavy atom. The van der Waals surface area contributed by atoms with Gasteiger partial charge in [-0.3, -0.25) is 9.59 Å². The molecule has 2 aromatic rings. The van der Waals surface area contributed by atoms with Crippen molar-refractivity contribution in [2.75, 3.05) is 6.26 Å². The van der Waals surface area contributed by atoms with E-state index in [1.165, 1.54) is 17.0 Å². The Morgan fingerprint density at radius 1 is 1.07 bits per heavy atom. The number of nitrogens with one attached hydrogen (secondary N) is 1. The van der Waals surface area contributed by atoms with Crippen LogP contribution in [-0.4, -0.2) is 48.6 Å². The van der Waals surface area contributed by atoms with E-state index in [-0.39, 0.29) is 34.4 Å². The Kier molecular flexibility index (Phi) is 8.28. The van der Waals surface area contributed by atoms with Crippen molar-refractivity contribution in [3.05, 3.63) is 64.2 Å². The van der Waals surface area contributed by atoms with Gasteiger partial charge in [-0.25, -0.2) is 17.2 Å². The average molecular weight is 589 g/mol. The number of hydrogen-bond acceptors (Lipinski definition) is 5. The molecule has 13 heteroatoms. The minimum Gasteiger partial charge on any atom is -0.392 e. The van der Waals surface area contributed by atoms with Gasteiger partial charge in [-0.1, -0.05) is 13.0 Å². The van der Waals surface area contributed by atoms with Crippen molar-refractivity contribution in [1.29, 1.82) is 0 Å². The molecule has 2 fully saturated rings. The maximum absolute atomic E-state index is 14.8. The molecule has 2 aliphatic rings. The van der Waals surface area contributed by atoms with Gasteiger partial charge in [0, 0.05) is 23.4 Å². The van der Waals surface area contributed by atoms with Gasteiger partial charge >= 0.3 is 6.18 Å². The van der Waals surface area contributed by atoms with E-state index in [1.807, 2.05) is 0 Å². The molecule has 1 aliphatic carbocycles. The molecule has 2 N–H and O–H groups in total. The van der Waals surface area contributed by atoms with Crippen LogP contribution in [0.1, 0.15) is 72.1 Å². The Labute approximate surface area is 228 Å². The Bertz CT molecular complexity index is 1430. The molecular formula is C27H29F5N2O5S. The summed E-state index contributed by atoms with van der Waals surface area (Å²) in [6.45, 7) is 1.24. The maximum Gasteiger partial charge on any atom is 0.419 e. The van der Waals surface area contributed by atoms with E-state index in [0.29, 0.717) is 31.7 Å². The van der Waals surface area contributed by atoms with Crippen LogP contribution in [0, 0.1) is 17.6 Å². The second kappa shape index (κ2) is 11.1. The molecule has 7 nitrogen and oxygen atoms in total. The Balaban J connectivity index is 1.66. The zero-order valence-electron chi connectivity index (χ0n) is 21.8. The number of alkyl halides is 3. The van der Waals surface area contributed by atoms with Gasteiger partial charge in [0.15, 0.2) is 9.84 Å². The molecule has 4 rings (SSSR count). The number of benzene rings is 2. The molecule has 0 aromatic heterocycles. The van der Waals surface area contributed by atoms with Gasteiger partial charge in [0.05, 0.1) is 23.1 Å². The number of halogens is 5. The number of carbonyl (C=O) groups excluding carboxylic acids is 2. The van der Waals surface area contributed by atoms with Crippen molar-refractivity contribution >= 4 is 21.7 Å². The first-order valence-corrected chi connectivity index (χ1v) is 14.7. The topological polar surface area (TPSA) is 104 Å². The molecule has 1 saturated heterocycles. The van der Waals surface area contributed by atoms with E-state index < -0.39 is 75.3 Å². The summed E-state index contributed by atoms with van der Waals surface area (Å²) in [6.07, 6.45) is -1.94.